The number of carbonyl (C=O) groups excluding carboxylic acids is 3. The summed E-state index contributed by atoms with van der Waals surface area (Å²) < 4.78 is 4.92. The van der Waals surface area contributed by atoms with Crippen molar-refractivity contribution in [3.8, 4) is 0 Å². The van der Waals surface area contributed by atoms with Crippen molar-refractivity contribution in [3.63, 3.8) is 0 Å². The van der Waals surface area contributed by atoms with Crippen molar-refractivity contribution in [2.45, 2.75) is 31.0 Å². The maximum absolute atomic E-state index is 10.7. The van der Waals surface area contributed by atoms with Gasteiger partial charge in [0.1, 0.15) is 0 Å². The van der Waals surface area contributed by atoms with Crippen LogP contribution in [0.3, 0.4) is 0 Å². The van der Waals surface area contributed by atoms with Gasteiger partial charge in [-0.15, -0.1) is 0 Å². The van der Waals surface area contributed by atoms with E-state index < -0.39 is 14.7 Å². The number of rotatable bonds is 4. The van der Waals surface area contributed by atoms with Gasteiger partial charge in [0.05, 0.1) is 0 Å². The average molecular weight is 389 g/mol. The molecule has 0 bridgehead atoms. The van der Waals surface area contributed by atoms with Gasteiger partial charge in [-0.05, 0) is 0 Å². The second-order valence-corrected chi connectivity index (χ2v) is 12.1. The Morgan fingerprint density at radius 2 is 1.88 bits per heavy atom. The second kappa shape index (κ2) is 5.85. The Labute approximate surface area is 96.2 Å². The van der Waals surface area contributed by atoms with Crippen molar-refractivity contribution in [3.05, 3.63) is 23.3 Å². The van der Waals surface area contributed by atoms with Gasteiger partial charge in [-0.3, -0.25) is 0 Å². The molecule has 0 amide bonds. The molecule has 4 heteroatoms. The first kappa shape index (κ1) is 13.0. The minimum absolute atomic E-state index is 0.323. The predicted octanol–water partition coefficient (Wildman–Crippen LogP) is 1.82. The van der Waals surface area contributed by atoms with Crippen molar-refractivity contribution in [1.29, 1.82) is 0 Å². The van der Waals surface area contributed by atoms with E-state index in [0.29, 0.717) is 11.2 Å². The van der Waals surface area contributed by atoms with E-state index in [1.54, 1.807) is 12.8 Å². The number of hydrogen-bond donors (Lipinski definition) is 0. The zero-order valence-electron chi connectivity index (χ0n) is 9.12. The molecule has 0 aliphatic heterocycles. The molecule has 0 aromatic rings. The molecule has 0 atom stereocenters. The molecule has 1 aliphatic rings. The van der Waals surface area contributed by atoms with Gasteiger partial charge < -0.3 is 0 Å². The molecule has 0 spiro atoms. The fourth-order valence-corrected chi connectivity index (χ4v) is 4.93. The molecular formula is C12H13O3W. The summed E-state index contributed by atoms with van der Waals surface area (Å²) in [4.78, 5) is 32.3. The monoisotopic (exact) mass is 389 g/mol. The van der Waals surface area contributed by atoms with Crippen LogP contribution >= 0.6 is 0 Å². The van der Waals surface area contributed by atoms with Gasteiger partial charge in [0, 0.05) is 0 Å². The Morgan fingerprint density at radius 3 is 2.38 bits per heavy atom. The summed E-state index contributed by atoms with van der Waals surface area (Å²) in [5.74, 6) is 0. The van der Waals surface area contributed by atoms with E-state index in [9.17, 15) is 14.4 Å². The van der Waals surface area contributed by atoms with E-state index in [1.807, 2.05) is 0 Å². The Bertz CT molecular complexity index is 544. The van der Waals surface area contributed by atoms with Gasteiger partial charge in [0.2, 0.25) is 0 Å². The molecule has 1 aliphatic carbocycles. The Hall–Kier alpha value is -1.09. The van der Waals surface area contributed by atoms with Gasteiger partial charge in [0.25, 0.3) is 0 Å². The molecule has 0 aromatic heterocycles. The van der Waals surface area contributed by atoms with Gasteiger partial charge in [-0.1, -0.05) is 0 Å². The van der Waals surface area contributed by atoms with E-state index in [1.165, 1.54) is 11.1 Å². The van der Waals surface area contributed by atoms with Gasteiger partial charge in [0.15, 0.2) is 0 Å². The van der Waals surface area contributed by atoms with Gasteiger partial charge in [-0.25, -0.2) is 0 Å². The summed E-state index contributed by atoms with van der Waals surface area (Å²) in [6, 6.07) is 0. The third kappa shape index (κ3) is 2.73. The molecule has 3 nitrogen and oxygen atoms in total. The molecule has 16 heavy (non-hydrogen) atoms. The van der Waals surface area contributed by atoms with Crippen molar-refractivity contribution < 1.29 is 29.1 Å². The Balaban J connectivity index is 2.95. The summed E-state index contributed by atoms with van der Waals surface area (Å²) in [6.45, 7) is 2.06. The van der Waals surface area contributed by atoms with Crippen LogP contribution in [-0.4, -0.2) is 12.8 Å². The molecule has 0 unspecified atom stereocenters. The van der Waals surface area contributed by atoms with Crippen LogP contribution in [0.2, 0.25) is 4.81 Å². The van der Waals surface area contributed by atoms with Crippen molar-refractivity contribution in [1.82, 2.24) is 0 Å². The van der Waals surface area contributed by atoms with Gasteiger partial charge >= 0.3 is 96.2 Å². The van der Waals surface area contributed by atoms with Gasteiger partial charge in [-0.2, -0.15) is 0 Å². The first-order valence-electron chi connectivity index (χ1n) is 5.06. The third-order valence-electron chi connectivity index (χ3n) is 2.66. The zero-order valence-corrected chi connectivity index (χ0v) is 12.0. The molecule has 1 rings (SSSR count). The van der Waals surface area contributed by atoms with Crippen molar-refractivity contribution in [2.75, 3.05) is 0 Å². The van der Waals surface area contributed by atoms with E-state index in [2.05, 4.69) is 19.1 Å². The average Bonchev–Trinajstić information content (AvgIpc) is 2.79. The van der Waals surface area contributed by atoms with Crippen LogP contribution in [0.15, 0.2) is 23.3 Å². The summed E-state index contributed by atoms with van der Waals surface area (Å²) >= 11 is -4.05. The first-order chi connectivity index (χ1) is 7.71. The summed E-state index contributed by atoms with van der Waals surface area (Å²) in [7, 11) is 0. The van der Waals surface area contributed by atoms with Crippen LogP contribution < -0.4 is 0 Å². The van der Waals surface area contributed by atoms with E-state index in [0.717, 1.165) is 12.8 Å². The Kier molecular flexibility index (Phi) is 4.74. The van der Waals surface area contributed by atoms with Crippen LogP contribution in [0.1, 0.15) is 26.2 Å². The maximum atomic E-state index is 10.7. The normalized spacial score (nSPS) is 14.6. The molecule has 0 saturated carbocycles. The SMILES string of the molecule is CCC1=C(C[CH2][W](=[C]=O)(=[C]=O)=[C]=O)CC=C1. The number of allylic oxidation sites excluding steroid dienone is 4. The van der Waals surface area contributed by atoms with Crippen LogP contribution in [0, 0.1) is 0 Å². The van der Waals surface area contributed by atoms with E-state index >= 15 is 0 Å². The Morgan fingerprint density at radius 1 is 1.25 bits per heavy atom. The molecule has 0 saturated heterocycles. The summed E-state index contributed by atoms with van der Waals surface area (Å²) in [5.41, 5.74) is 2.48. The standard InChI is InChI=1S/C9H13.3CO.W/c1-3-8-6-5-7-9(8)4-2;3*1-2;/h5,7H,1,3-4,6H2,2H3;;;;. The predicted molar refractivity (Wildman–Crippen MR) is 57.6 cm³/mol. The van der Waals surface area contributed by atoms with Crippen molar-refractivity contribution in [2.24, 2.45) is 0 Å². The molecule has 0 radical (unpaired) electrons. The molecule has 0 fully saturated rings. The van der Waals surface area contributed by atoms with Crippen LogP contribution in [0.4, 0.5) is 0 Å². The fourth-order valence-electron chi connectivity index (χ4n) is 1.68. The number of hydrogen-bond acceptors (Lipinski definition) is 3. The quantitative estimate of drug-likeness (QED) is 0.738. The van der Waals surface area contributed by atoms with Crippen LogP contribution in [-0.2, 0) is 29.1 Å². The molecule has 85 valence electrons. The van der Waals surface area contributed by atoms with Crippen LogP contribution in [0.25, 0.3) is 0 Å². The third-order valence-corrected chi connectivity index (χ3v) is 8.66. The molecule has 0 heterocycles. The van der Waals surface area contributed by atoms with E-state index in [-0.39, 0.29) is 0 Å². The second-order valence-electron chi connectivity index (χ2n) is 3.53. The summed E-state index contributed by atoms with van der Waals surface area (Å²) in [6.07, 6.45) is 6.55. The van der Waals surface area contributed by atoms with Crippen molar-refractivity contribution >= 4 is 12.8 Å². The van der Waals surface area contributed by atoms with Crippen LogP contribution in [0.5, 0.6) is 0 Å². The molecule has 0 aromatic carbocycles. The molecular weight excluding hydrogens is 376 g/mol. The minimum atomic E-state index is -4.05. The summed E-state index contributed by atoms with van der Waals surface area (Å²) in [5, 5.41) is 0. The molecule has 0 N–H and O–H groups in total. The first-order valence-corrected chi connectivity index (χ1v) is 11.5. The zero-order chi connectivity index (χ0) is 12.0. The fraction of sp³-hybridized carbons (Fsp3) is 0.417. The van der Waals surface area contributed by atoms with E-state index in [4.69, 9.17) is 0 Å². The topological polar surface area (TPSA) is 51.2 Å².